The molecule has 1 fully saturated rings. The third-order valence-corrected chi connectivity index (χ3v) is 8.04. The van der Waals surface area contributed by atoms with Crippen molar-refractivity contribution >= 4 is 39.2 Å². The van der Waals surface area contributed by atoms with Gasteiger partial charge >= 0.3 is 11.9 Å². The lowest BCUT2D eigenvalue weighted by Gasteiger charge is -2.28. The van der Waals surface area contributed by atoms with Gasteiger partial charge in [-0.15, -0.1) is 11.3 Å². The fourth-order valence-corrected chi connectivity index (χ4v) is 5.83. The number of imidazole rings is 1. The first-order chi connectivity index (χ1) is 18.8. The quantitative estimate of drug-likeness (QED) is 0.361. The minimum atomic E-state index is -4.45. The Morgan fingerprint density at radius 1 is 1.20 bits per heavy atom. The van der Waals surface area contributed by atoms with Gasteiger partial charge in [-0.25, -0.2) is 19.2 Å². The summed E-state index contributed by atoms with van der Waals surface area (Å²) < 4.78 is 58.7. The van der Waals surface area contributed by atoms with Crippen molar-refractivity contribution in [3.63, 3.8) is 0 Å². The number of thiazole rings is 1. The summed E-state index contributed by atoms with van der Waals surface area (Å²) >= 11 is 1.14. The molecule has 4 aromatic rings. The lowest BCUT2D eigenvalue weighted by molar-refractivity contribution is -0.146. The number of rotatable bonds is 5. The number of aromatic nitrogens is 5. The Bertz CT molecular complexity index is 1750. The van der Waals surface area contributed by atoms with E-state index in [1.807, 2.05) is 0 Å². The maximum atomic E-state index is 15.0. The van der Waals surface area contributed by atoms with Gasteiger partial charge in [-0.1, -0.05) is 6.07 Å². The van der Waals surface area contributed by atoms with Crippen molar-refractivity contribution in [3.05, 3.63) is 56.1 Å². The normalized spacial score (nSPS) is 16.6. The summed E-state index contributed by atoms with van der Waals surface area (Å²) in [6, 6.07) is 1.36. The van der Waals surface area contributed by atoms with Crippen LogP contribution in [0.15, 0.2) is 34.1 Å². The standard InChI is InChI=1S/C25H25F4N7O3S/c1-12(36-11-30-20-19(36)22(38)34(4)24(39)33(20)3)21(37)32-23-31-18(13(2)40-23)14-7-8-16(15(26)10-14)35-9-5-6-17(35)25(27,28)29/h7-8,10-12,17H,5-6,9H2,1-4H3,(H,31,32,37)/t12?,17-/m0/s1. The number of carbonyl (C=O) groups is 1. The number of benzene rings is 1. The highest BCUT2D eigenvalue weighted by Crippen LogP contribution is 2.39. The van der Waals surface area contributed by atoms with E-state index < -0.39 is 41.2 Å². The van der Waals surface area contributed by atoms with Gasteiger partial charge in [0.1, 0.15) is 17.9 Å². The summed E-state index contributed by atoms with van der Waals surface area (Å²) in [5.74, 6) is -1.30. The second-order valence-electron chi connectivity index (χ2n) is 9.68. The van der Waals surface area contributed by atoms with Gasteiger partial charge in [0.15, 0.2) is 16.3 Å². The average Bonchev–Trinajstić information content (AvgIpc) is 3.64. The number of hydrogen-bond acceptors (Lipinski definition) is 7. The molecular weight excluding hydrogens is 554 g/mol. The summed E-state index contributed by atoms with van der Waals surface area (Å²) in [6.07, 6.45) is -2.91. The number of halogens is 4. The van der Waals surface area contributed by atoms with Crippen molar-refractivity contribution in [3.8, 4) is 11.3 Å². The fraction of sp³-hybridized carbons (Fsp3) is 0.400. The molecule has 2 atom stereocenters. The lowest BCUT2D eigenvalue weighted by atomic mass is 10.1. The maximum absolute atomic E-state index is 15.0. The van der Waals surface area contributed by atoms with Gasteiger partial charge in [0.05, 0.1) is 17.7 Å². The molecule has 5 rings (SSSR count). The van der Waals surface area contributed by atoms with Crippen molar-refractivity contribution < 1.29 is 22.4 Å². The molecular formula is C25H25F4N7O3S. The first-order valence-electron chi connectivity index (χ1n) is 12.3. The van der Waals surface area contributed by atoms with E-state index in [1.165, 1.54) is 41.7 Å². The van der Waals surface area contributed by atoms with E-state index in [0.29, 0.717) is 22.6 Å². The van der Waals surface area contributed by atoms with Gasteiger partial charge in [-0.2, -0.15) is 13.2 Å². The van der Waals surface area contributed by atoms with Crippen molar-refractivity contribution in [2.75, 3.05) is 16.8 Å². The largest absolute Gasteiger partial charge is 0.408 e. The molecule has 0 radical (unpaired) electrons. The molecule has 4 heterocycles. The van der Waals surface area contributed by atoms with Gasteiger partial charge < -0.3 is 14.8 Å². The first kappa shape index (κ1) is 27.6. The van der Waals surface area contributed by atoms with E-state index in [0.717, 1.165) is 26.9 Å². The third kappa shape index (κ3) is 4.57. The molecule has 1 unspecified atom stereocenters. The molecule has 212 valence electrons. The van der Waals surface area contributed by atoms with Crippen LogP contribution in [-0.2, 0) is 18.9 Å². The lowest BCUT2D eigenvalue weighted by Crippen LogP contribution is -2.41. The summed E-state index contributed by atoms with van der Waals surface area (Å²) in [4.78, 5) is 48.3. The molecule has 1 aromatic carbocycles. The minimum Gasteiger partial charge on any atom is -0.357 e. The van der Waals surface area contributed by atoms with Gasteiger partial charge in [0.25, 0.3) is 5.56 Å². The number of nitrogens with one attached hydrogen (secondary N) is 1. The van der Waals surface area contributed by atoms with Crippen LogP contribution in [0.2, 0.25) is 0 Å². The number of alkyl halides is 3. The van der Waals surface area contributed by atoms with E-state index in [1.54, 1.807) is 13.8 Å². The second kappa shape index (κ2) is 9.87. The van der Waals surface area contributed by atoms with Gasteiger partial charge in [0, 0.05) is 31.1 Å². The van der Waals surface area contributed by atoms with Crippen LogP contribution in [0.3, 0.4) is 0 Å². The van der Waals surface area contributed by atoms with Crippen LogP contribution >= 0.6 is 11.3 Å². The zero-order chi connectivity index (χ0) is 29.1. The Morgan fingerprint density at radius 3 is 2.60 bits per heavy atom. The number of hydrogen-bond donors (Lipinski definition) is 1. The number of carbonyl (C=O) groups excluding carboxylic acids is 1. The molecule has 1 N–H and O–H groups in total. The van der Waals surface area contributed by atoms with E-state index >= 15 is 4.39 Å². The molecule has 1 aliphatic rings. The smallest absolute Gasteiger partial charge is 0.357 e. The summed E-state index contributed by atoms with van der Waals surface area (Å²) in [7, 11) is 2.81. The van der Waals surface area contributed by atoms with Crippen LogP contribution in [0.4, 0.5) is 28.4 Å². The predicted molar refractivity (Wildman–Crippen MR) is 142 cm³/mol. The molecule has 10 nitrogen and oxygen atoms in total. The average molecular weight is 580 g/mol. The van der Waals surface area contributed by atoms with E-state index in [9.17, 15) is 27.6 Å². The Balaban J connectivity index is 1.39. The molecule has 1 amide bonds. The van der Waals surface area contributed by atoms with Crippen LogP contribution in [0.1, 0.15) is 30.7 Å². The molecule has 0 saturated carbocycles. The van der Waals surface area contributed by atoms with Crippen molar-refractivity contribution in [1.29, 1.82) is 0 Å². The zero-order valence-corrected chi connectivity index (χ0v) is 22.7. The van der Waals surface area contributed by atoms with Crippen molar-refractivity contribution in [1.82, 2.24) is 23.7 Å². The highest BCUT2D eigenvalue weighted by atomic mass is 32.1. The molecule has 3 aromatic heterocycles. The van der Waals surface area contributed by atoms with E-state index in [-0.39, 0.29) is 34.9 Å². The molecule has 40 heavy (non-hydrogen) atoms. The Morgan fingerprint density at radius 2 is 1.93 bits per heavy atom. The van der Waals surface area contributed by atoms with Crippen LogP contribution < -0.4 is 21.5 Å². The predicted octanol–water partition coefficient (Wildman–Crippen LogP) is 3.74. The zero-order valence-electron chi connectivity index (χ0n) is 21.9. The van der Waals surface area contributed by atoms with Crippen molar-refractivity contribution in [2.45, 2.75) is 44.9 Å². The summed E-state index contributed by atoms with van der Waals surface area (Å²) in [5, 5.41) is 2.91. The van der Waals surface area contributed by atoms with Crippen LogP contribution in [0.25, 0.3) is 22.4 Å². The fourth-order valence-electron chi connectivity index (χ4n) is 4.99. The van der Waals surface area contributed by atoms with Gasteiger partial charge in [0.2, 0.25) is 5.91 Å². The van der Waals surface area contributed by atoms with E-state index in [2.05, 4.69) is 15.3 Å². The highest BCUT2D eigenvalue weighted by Gasteiger charge is 2.46. The first-order valence-corrected chi connectivity index (χ1v) is 13.1. The maximum Gasteiger partial charge on any atom is 0.408 e. The molecule has 1 saturated heterocycles. The Kier molecular flexibility index (Phi) is 6.80. The van der Waals surface area contributed by atoms with Crippen molar-refractivity contribution in [2.24, 2.45) is 14.1 Å². The number of fused-ring (bicyclic) bond motifs is 1. The molecule has 15 heteroatoms. The van der Waals surface area contributed by atoms with Crippen LogP contribution in [0.5, 0.6) is 0 Å². The number of amides is 1. The number of nitrogens with zero attached hydrogens (tertiary/aromatic N) is 6. The molecule has 1 aliphatic heterocycles. The molecule has 0 aliphatic carbocycles. The SMILES string of the molecule is Cc1sc(NC(=O)C(C)n2cnc3c2c(=O)n(C)c(=O)n3C)nc1-c1ccc(N2CCC[C@H]2C(F)(F)F)c(F)c1. The summed E-state index contributed by atoms with van der Waals surface area (Å²) in [5.41, 5.74) is -0.291. The van der Waals surface area contributed by atoms with Crippen LogP contribution in [-0.4, -0.2) is 48.3 Å². The number of anilines is 2. The highest BCUT2D eigenvalue weighted by molar-refractivity contribution is 7.16. The number of aryl methyl sites for hydroxylation is 2. The summed E-state index contributed by atoms with van der Waals surface area (Å²) in [6.45, 7) is 3.40. The Hall–Kier alpha value is -4.01. The monoisotopic (exact) mass is 579 g/mol. The molecule has 0 bridgehead atoms. The Labute approximate surface area is 228 Å². The third-order valence-electron chi connectivity index (χ3n) is 7.16. The van der Waals surface area contributed by atoms with Crippen LogP contribution in [0, 0.1) is 12.7 Å². The minimum absolute atomic E-state index is 0.0844. The topological polar surface area (TPSA) is 107 Å². The van der Waals surface area contributed by atoms with E-state index in [4.69, 9.17) is 0 Å². The molecule has 0 spiro atoms. The second-order valence-corrected chi connectivity index (χ2v) is 10.9. The van der Waals surface area contributed by atoms with Gasteiger partial charge in [-0.05, 0) is 38.8 Å². The van der Waals surface area contributed by atoms with Gasteiger partial charge in [-0.3, -0.25) is 18.7 Å².